The highest BCUT2D eigenvalue weighted by Crippen LogP contribution is 2.22. The van der Waals surface area contributed by atoms with Gasteiger partial charge >= 0.3 is 0 Å². The van der Waals surface area contributed by atoms with Gasteiger partial charge in [0.05, 0.1) is 0 Å². The monoisotopic (exact) mass is 272 g/mol. The second-order valence-electron chi connectivity index (χ2n) is 5.57. The van der Waals surface area contributed by atoms with Gasteiger partial charge in [-0.15, -0.1) is 0 Å². The lowest BCUT2D eigenvalue weighted by Gasteiger charge is -2.37. The Morgan fingerprint density at radius 3 is 2.61 bits per heavy atom. The minimum Gasteiger partial charge on any atom is -0.310 e. The maximum absolute atomic E-state index is 3.81. The second kappa shape index (κ2) is 8.44. The number of nitrogens with one attached hydrogen (secondary N) is 1. The van der Waals surface area contributed by atoms with E-state index in [4.69, 9.17) is 0 Å². The SMILES string of the molecule is CCSCCCN1CC(CC)(CC)NCCC1C. The van der Waals surface area contributed by atoms with Crippen LogP contribution in [0, 0.1) is 0 Å². The summed E-state index contributed by atoms with van der Waals surface area (Å²) in [5.74, 6) is 2.57. The molecule has 0 aromatic heterocycles. The van der Waals surface area contributed by atoms with Crippen LogP contribution in [-0.2, 0) is 0 Å². The molecular weight excluding hydrogens is 240 g/mol. The molecule has 1 saturated heterocycles. The Balaban J connectivity index is 2.50. The zero-order valence-electron chi connectivity index (χ0n) is 12.8. The van der Waals surface area contributed by atoms with Crippen LogP contribution in [0.3, 0.4) is 0 Å². The normalized spacial score (nSPS) is 25.0. The summed E-state index contributed by atoms with van der Waals surface area (Å²) in [5, 5.41) is 3.81. The molecule has 1 aliphatic rings. The standard InChI is InChI=1S/C15H32N2S/c1-5-15(6-2)13-17(11-8-12-18-7-3)14(4)9-10-16-15/h14,16H,5-13H2,1-4H3. The zero-order chi connectivity index (χ0) is 13.4. The summed E-state index contributed by atoms with van der Waals surface area (Å²) in [6.07, 6.45) is 5.13. The molecule has 18 heavy (non-hydrogen) atoms. The third kappa shape index (κ3) is 4.75. The molecule has 0 bridgehead atoms. The Morgan fingerprint density at radius 2 is 2.00 bits per heavy atom. The summed E-state index contributed by atoms with van der Waals surface area (Å²) in [5.41, 5.74) is 0.364. The smallest absolute Gasteiger partial charge is 0.0303 e. The number of hydrogen-bond donors (Lipinski definition) is 1. The van der Waals surface area contributed by atoms with E-state index in [9.17, 15) is 0 Å². The molecule has 1 atom stereocenters. The van der Waals surface area contributed by atoms with Crippen LogP contribution in [0.15, 0.2) is 0 Å². The number of thioether (sulfide) groups is 1. The summed E-state index contributed by atoms with van der Waals surface area (Å²) >= 11 is 2.07. The van der Waals surface area contributed by atoms with Gasteiger partial charge in [-0.1, -0.05) is 20.8 Å². The minimum atomic E-state index is 0.364. The van der Waals surface area contributed by atoms with Crippen LogP contribution >= 0.6 is 11.8 Å². The molecule has 0 aromatic rings. The first-order chi connectivity index (χ1) is 8.67. The quantitative estimate of drug-likeness (QED) is 0.715. The molecule has 0 aromatic carbocycles. The van der Waals surface area contributed by atoms with Gasteiger partial charge in [0.2, 0.25) is 0 Å². The maximum Gasteiger partial charge on any atom is 0.0303 e. The van der Waals surface area contributed by atoms with Crippen molar-refractivity contribution < 1.29 is 0 Å². The van der Waals surface area contributed by atoms with Crippen LogP contribution in [0.2, 0.25) is 0 Å². The fourth-order valence-electron chi connectivity index (χ4n) is 2.87. The molecule has 2 nitrogen and oxygen atoms in total. The van der Waals surface area contributed by atoms with Gasteiger partial charge in [0.25, 0.3) is 0 Å². The highest BCUT2D eigenvalue weighted by molar-refractivity contribution is 7.99. The van der Waals surface area contributed by atoms with Gasteiger partial charge in [0, 0.05) is 18.1 Å². The molecule has 108 valence electrons. The van der Waals surface area contributed by atoms with E-state index in [2.05, 4.69) is 49.7 Å². The Kier molecular flexibility index (Phi) is 7.66. The minimum absolute atomic E-state index is 0.364. The highest BCUT2D eigenvalue weighted by Gasteiger charge is 2.32. The number of hydrogen-bond acceptors (Lipinski definition) is 3. The average Bonchev–Trinajstić information content (AvgIpc) is 2.55. The van der Waals surface area contributed by atoms with E-state index < -0.39 is 0 Å². The van der Waals surface area contributed by atoms with E-state index in [1.165, 1.54) is 56.8 Å². The van der Waals surface area contributed by atoms with Crippen LogP contribution in [0.5, 0.6) is 0 Å². The van der Waals surface area contributed by atoms with Crippen LogP contribution < -0.4 is 5.32 Å². The molecule has 1 heterocycles. The molecule has 0 amide bonds. The van der Waals surface area contributed by atoms with Gasteiger partial charge in [-0.3, -0.25) is 4.90 Å². The van der Waals surface area contributed by atoms with Crippen molar-refractivity contribution in [2.24, 2.45) is 0 Å². The third-order valence-corrected chi connectivity index (χ3v) is 5.47. The van der Waals surface area contributed by atoms with E-state index in [1.807, 2.05) is 0 Å². The van der Waals surface area contributed by atoms with Gasteiger partial charge in [0.1, 0.15) is 0 Å². The molecule has 1 unspecified atom stereocenters. The zero-order valence-corrected chi connectivity index (χ0v) is 13.6. The van der Waals surface area contributed by atoms with Crippen LogP contribution in [-0.4, -0.2) is 47.6 Å². The molecule has 1 fully saturated rings. The average molecular weight is 273 g/mol. The van der Waals surface area contributed by atoms with Crippen LogP contribution in [0.4, 0.5) is 0 Å². The van der Waals surface area contributed by atoms with Crippen molar-refractivity contribution >= 4 is 11.8 Å². The summed E-state index contributed by atoms with van der Waals surface area (Å²) in [6, 6.07) is 0.740. The van der Waals surface area contributed by atoms with Crippen molar-refractivity contribution in [3.63, 3.8) is 0 Å². The van der Waals surface area contributed by atoms with Crippen molar-refractivity contribution in [1.82, 2.24) is 10.2 Å². The molecule has 1 rings (SSSR count). The lowest BCUT2D eigenvalue weighted by atomic mass is 9.92. The first-order valence-corrected chi connectivity index (χ1v) is 8.89. The highest BCUT2D eigenvalue weighted by atomic mass is 32.2. The lowest BCUT2D eigenvalue weighted by molar-refractivity contribution is 0.160. The molecule has 1 aliphatic heterocycles. The summed E-state index contributed by atoms with van der Waals surface area (Å²) < 4.78 is 0. The number of rotatable bonds is 7. The van der Waals surface area contributed by atoms with E-state index >= 15 is 0 Å². The maximum atomic E-state index is 3.81. The van der Waals surface area contributed by atoms with Crippen molar-refractivity contribution in [3.8, 4) is 0 Å². The molecule has 0 spiro atoms. The van der Waals surface area contributed by atoms with Gasteiger partial charge in [-0.05, 0) is 57.2 Å². The molecule has 0 aliphatic carbocycles. The van der Waals surface area contributed by atoms with Crippen molar-refractivity contribution in [3.05, 3.63) is 0 Å². The topological polar surface area (TPSA) is 15.3 Å². The second-order valence-corrected chi connectivity index (χ2v) is 6.97. The van der Waals surface area contributed by atoms with Crippen LogP contribution in [0.25, 0.3) is 0 Å². The van der Waals surface area contributed by atoms with Crippen molar-refractivity contribution in [2.45, 2.75) is 65.0 Å². The summed E-state index contributed by atoms with van der Waals surface area (Å²) in [7, 11) is 0. The van der Waals surface area contributed by atoms with E-state index in [-0.39, 0.29) is 0 Å². The first-order valence-electron chi connectivity index (χ1n) is 7.74. The Morgan fingerprint density at radius 1 is 1.28 bits per heavy atom. The first kappa shape index (κ1) is 16.3. The Labute approximate surface area is 118 Å². The lowest BCUT2D eigenvalue weighted by Crippen LogP contribution is -2.51. The molecular formula is C15H32N2S. The molecule has 3 heteroatoms. The number of nitrogens with zero attached hydrogens (tertiary/aromatic N) is 1. The van der Waals surface area contributed by atoms with Gasteiger partial charge in [0.15, 0.2) is 0 Å². The van der Waals surface area contributed by atoms with Gasteiger partial charge < -0.3 is 5.32 Å². The third-order valence-electron chi connectivity index (χ3n) is 4.48. The molecule has 1 N–H and O–H groups in total. The summed E-state index contributed by atoms with van der Waals surface area (Å²) in [6.45, 7) is 13.0. The van der Waals surface area contributed by atoms with Crippen molar-refractivity contribution in [1.29, 1.82) is 0 Å². The predicted molar refractivity (Wildman–Crippen MR) is 84.6 cm³/mol. The molecule has 0 saturated carbocycles. The van der Waals surface area contributed by atoms with E-state index in [1.54, 1.807) is 0 Å². The van der Waals surface area contributed by atoms with Crippen LogP contribution in [0.1, 0.15) is 53.4 Å². The largest absolute Gasteiger partial charge is 0.310 e. The van der Waals surface area contributed by atoms with Crippen molar-refractivity contribution in [2.75, 3.05) is 31.1 Å². The Hall–Kier alpha value is 0.270. The molecule has 0 radical (unpaired) electrons. The summed E-state index contributed by atoms with van der Waals surface area (Å²) in [4.78, 5) is 2.73. The Bertz CT molecular complexity index is 217. The van der Waals surface area contributed by atoms with Gasteiger partial charge in [-0.2, -0.15) is 11.8 Å². The fraction of sp³-hybridized carbons (Fsp3) is 1.00. The van der Waals surface area contributed by atoms with Gasteiger partial charge in [-0.25, -0.2) is 0 Å². The van der Waals surface area contributed by atoms with E-state index in [0.29, 0.717) is 5.54 Å². The predicted octanol–water partition coefficient (Wildman–Crippen LogP) is 3.37. The van der Waals surface area contributed by atoms with E-state index in [0.717, 1.165) is 6.04 Å². The fourth-order valence-corrected chi connectivity index (χ4v) is 3.49.